The molecular weight excluding hydrogens is 498 g/mol. The fourth-order valence-electron chi connectivity index (χ4n) is 3.71. The number of alkyl halides is 3. The van der Waals surface area contributed by atoms with Crippen molar-refractivity contribution >= 4 is 16.1 Å². The number of hydrogen-bond donors (Lipinski definition) is 0. The van der Waals surface area contributed by atoms with E-state index in [-0.39, 0.29) is 25.2 Å². The van der Waals surface area contributed by atoms with E-state index in [1.165, 1.54) is 6.07 Å². The lowest BCUT2D eigenvalue weighted by molar-refractivity contribution is -0.137. The largest absolute Gasteiger partial charge is 0.493 e. The Hall–Kier alpha value is -3.24. The van der Waals surface area contributed by atoms with Gasteiger partial charge in [0.1, 0.15) is 11.6 Å². The van der Waals surface area contributed by atoms with Crippen molar-refractivity contribution < 1.29 is 35.5 Å². The normalized spacial score (nSPS) is 12.1. The van der Waals surface area contributed by atoms with Gasteiger partial charge in [0, 0.05) is 32.0 Å². The molecule has 0 aliphatic rings. The molecule has 0 N–H and O–H groups in total. The number of hydrogen-bond acceptors (Lipinski definition) is 5. The summed E-state index contributed by atoms with van der Waals surface area (Å²) in [7, 11) is -3.86. The lowest BCUT2D eigenvalue weighted by Crippen LogP contribution is -2.25. The average molecular weight is 524 g/mol. The van der Waals surface area contributed by atoms with Crippen LogP contribution in [0.15, 0.2) is 71.6 Å². The lowest BCUT2D eigenvalue weighted by Gasteiger charge is -2.23. The second-order valence-corrected chi connectivity index (χ2v) is 10.3. The summed E-state index contributed by atoms with van der Waals surface area (Å²) in [5, 5.41) is 0. The zero-order valence-corrected chi connectivity index (χ0v) is 20.3. The third-order valence-electron chi connectivity index (χ3n) is 5.38. The summed E-state index contributed by atoms with van der Waals surface area (Å²) in [6.07, 6.45) is -3.00. The highest BCUT2D eigenvalue weighted by Gasteiger charge is 2.30. The third-order valence-corrected chi connectivity index (χ3v) is 6.52. The van der Waals surface area contributed by atoms with E-state index in [4.69, 9.17) is 4.74 Å². The maximum Gasteiger partial charge on any atom is 0.416 e. The van der Waals surface area contributed by atoms with Crippen LogP contribution in [0.5, 0.6) is 5.75 Å². The molecule has 0 radical (unpaired) electrons. The summed E-state index contributed by atoms with van der Waals surface area (Å²) in [4.78, 5) is 12.6. The molecule has 0 aliphatic carbocycles. The Morgan fingerprint density at radius 2 is 1.61 bits per heavy atom. The first kappa shape index (κ1) is 27.3. The molecule has 0 heterocycles. The summed E-state index contributed by atoms with van der Waals surface area (Å²) < 4.78 is 83.0. The van der Waals surface area contributed by atoms with Crippen LogP contribution in [0, 0.1) is 5.82 Å². The molecule has 3 rings (SSSR count). The number of aldehydes is 1. The highest BCUT2D eigenvalue weighted by atomic mass is 32.2. The van der Waals surface area contributed by atoms with Crippen LogP contribution in [0.4, 0.5) is 17.6 Å². The van der Waals surface area contributed by atoms with Crippen molar-refractivity contribution in [3.8, 4) is 5.75 Å². The molecule has 0 aliphatic heterocycles. The Balaban J connectivity index is 1.70. The van der Waals surface area contributed by atoms with Crippen LogP contribution in [-0.2, 0) is 29.1 Å². The Kier molecular flexibility index (Phi) is 8.86. The monoisotopic (exact) mass is 523 g/mol. The first-order valence-corrected chi connectivity index (χ1v) is 12.9. The third kappa shape index (κ3) is 7.63. The number of rotatable bonds is 11. The van der Waals surface area contributed by atoms with Gasteiger partial charge < -0.3 is 4.74 Å². The molecule has 3 aromatic rings. The second-order valence-electron chi connectivity index (χ2n) is 8.30. The molecule has 0 saturated heterocycles. The van der Waals surface area contributed by atoms with E-state index in [0.717, 1.165) is 36.1 Å². The van der Waals surface area contributed by atoms with Crippen molar-refractivity contribution in [3.63, 3.8) is 0 Å². The van der Waals surface area contributed by atoms with E-state index < -0.39 is 37.9 Å². The van der Waals surface area contributed by atoms with Crippen LogP contribution in [0.3, 0.4) is 0 Å². The number of nitrogens with zero attached hydrogens (tertiary/aromatic N) is 1. The SMILES string of the molecule is CS(=O)(=O)c1cc(OCCCN(Cc2ccccc2)Cc2cccc(C(F)(F)F)c2)cc(F)c1C=O. The fourth-order valence-corrected chi connectivity index (χ4v) is 4.59. The minimum absolute atomic E-state index is 0.0361. The molecule has 0 bridgehead atoms. The van der Waals surface area contributed by atoms with Crippen molar-refractivity contribution in [2.45, 2.75) is 30.6 Å². The van der Waals surface area contributed by atoms with Gasteiger partial charge in [-0.15, -0.1) is 0 Å². The summed E-state index contributed by atoms with van der Waals surface area (Å²) in [6, 6.07) is 16.7. The van der Waals surface area contributed by atoms with Gasteiger partial charge in [-0.1, -0.05) is 48.5 Å². The van der Waals surface area contributed by atoms with Gasteiger partial charge in [0.15, 0.2) is 16.1 Å². The average Bonchev–Trinajstić information content (AvgIpc) is 2.81. The molecule has 0 saturated carbocycles. The van der Waals surface area contributed by atoms with Crippen LogP contribution in [0.1, 0.15) is 33.5 Å². The first-order valence-electron chi connectivity index (χ1n) is 11.0. The van der Waals surface area contributed by atoms with Crippen LogP contribution in [-0.4, -0.2) is 39.0 Å². The van der Waals surface area contributed by atoms with Gasteiger partial charge >= 0.3 is 6.18 Å². The van der Waals surface area contributed by atoms with Gasteiger partial charge in [0.05, 0.1) is 22.6 Å². The number of carbonyl (C=O) groups is 1. The first-order chi connectivity index (χ1) is 17.0. The molecule has 0 unspecified atom stereocenters. The molecule has 36 heavy (non-hydrogen) atoms. The highest BCUT2D eigenvalue weighted by Crippen LogP contribution is 2.30. The van der Waals surface area contributed by atoms with Gasteiger partial charge in [0.25, 0.3) is 0 Å². The molecule has 5 nitrogen and oxygen atoms in total. The van der Waals surface area contributed by atoms with Gasteiger partial charge in [0.2, 0.25) is 0 Å². The predicted octanol–water partition coefficient (Wildman–Crippen LogP) is 5.53. The summed E-state index contributed by atoms with van der Waals surface area (Å²) >= 11 is 0. The Morgan fingerprint density at radius 1 is 0.944 bits per heavy atom. The van der Waals surface area contributed by atoms with Crippen molar-refractivity contribution in [1.82, 2.24) is 4.90 Å². The minimum Gasteiger partial charge on any atom is -0.493 e. The number of carbonyl (C=O) groups excluding carboxylic acids is 1. The standard InChI is InChI=1S/C26H25F4NO4S/c1-36(33,34)25-15-22(14-24(27)23(25)18-32)35-12-6-11-31(16-19-7-3-2-4-8-19)17-20-9-5-10-21(13-20)26(28,29)30/h2-5,7-10,13-15,18H,6,11-12,16-17H2,1H3. The summed E-state index contributed by atoms with van der Waals surface area (Å²) in [5.41, 5.74) is 0.214. The van der Waals surface area contributed by atoms with Gasteiger partial charge in [-0.25, -0.2) is 12.8 Å². The van der Waals surface area contributed by atoms with E-state index in [0.29, 0.717) is 25.1 Å². The van der Waals surface area contributed by atoms with Gasteiger partial charge in [-0.2, -0.15) is 13.2 Å². The molecule has 0 aromatic heterocycles. The molecule has 3 aromatic carbocycles. The zero-order chi connectivity index (χ0) is 26.3. The summed E-state index contributed by atoms with van der Waals surface area (Å²) in [6.45, 7) is 1.29. The maximum atomic E-state index is 14.2. The fraction of sp³-hybridized carbons (Fsp3) is 0.269. The maximum absolute atomic E-state index is 14.2. The van der Waals surface area contributed by atoms with Crippen molar-refractivity contribution in [1.29, 1.82) is 0 Å². The van der Waals surface area contributed by atoms with Crippen LogP contribution in [0.25, 0.3) is 0 Å². The second kappa shape index (κ2) is 11.7. The Bertz CT molecular complexity index is 1300. The predicted molar refractivity (Wildman–Crippen MR) is 127 cm³/mol. The smallest absolute Gasteiger partial charge is 0.416 e. The summed E-state index contributed by atoms with van der Waals surface area (Å²) in [5.74, 6) is -1.04. The molecule has 192 valence electrons. The number of ether oxygens (including phenoxy) is 1. The molecule has 10 heteroatoms. The van der Waals surface area contributed by atoms with Crippen LogP contribution >= 0.6 is 0 Å². The molecule has 0 amide bonds. The molecule has 0 spiro atoms. The zero-order valence-electron chi connectivity index (χ0n) is 19.5. The van der Waals surface area contributed by atoms with Crippen LogP contribution in [0.2, 0.25) is 0 Å². The number of halogens is 4. The Morgan fingerprint density at radius 3 is 2.25 bits per heavy atom. The quantitative estimate of drug-likeness (QED) is 0.188. The van der Waals surface area contributed by atoms with E-state index >= 15 is 0 Å². The van der Waals surface area contributed by atoms with E-state index in [2.05, 4.69) is 0 Å². The number of sulfone groups is 1. The van der Waals surface area contributed by atoms with Crippen molar-refractivity contribution in [3.05, 3.63) is 94.8 Å². The van der Waals surface area contributed by atoms with Crippen LogP contribution < -0.4 is 4.74 Å². The highest BCUT2D eigenvalue weighted by molar-refractivity contribution is 7.90. The Labute approximate surface area is 207 Å². The molecule has 0 atom stereocenters. The topological polar surface area (TPSA) is 63.7 Å². The molecular formula is C26H25F4NO4S. The minimum atomic E-state index is -4.44. The molecule has 0 fully saturated rings. The van der Waals surface area contributed by atoms with Gasteiger partial charge in [-0.3, -0.25) is 9.69 Å². The van der Waals surface area contributed by atoms with E-state index in [1.54, 1.807) is 6.07 Å². The van der Waals surface area contributed by atoms with E-state index in [9.17, 15) is 30.8 Å². The van der Waals surface area contributed by atoms with Gasteiger partial charge in [-0.05, 0) is 29.7 Å². The lowest BCUT2D eigenvalue weighted by atomic mass is 10.1. The number of benzene rings is 3. The van der Waals surface area contributed by atoms with E-state index in [1.807, 2.05) is 35.2 Å². The van der Waals surface area contributed by atoms with Crippen molar-refractivity contribution in [2.75, 3.05) is 19.4 Å². The van der Waals surface area contributed by atoms with Crippen molar-refractivity contribution in [2.24, 2.45) is 0 Å².